The number of hydrogen-bond acceptors (Lipinski definition) is 2. The van der Waals surface area contributed by atoms with Crippen LogP contribution in [0.3, 0.4) is 0 Å². The van der Waals surface area contributed by atoms with E-state index >= 15 is 0 Å². The summed E-state index contributed by atoms with van der Waals surface area (Å²) >= 11 is 0. The van der Waals surface area contributed by atoms with E-state index in [4.69, 9.17) is 5.26 Å². The predicted molar refractivity (Wildman–Crippen MR) is 68.9 cm³/mol. The third-order valence-corrected chi connectivity index (χ3v) is 3.14. The predicted octanol–water partition coefficient (Wildman–Crippen LogP) is 4.06. The molecular formula is C14H17F3N2. The van der Waals surface area contributed by atoms with Crippen LogP contribution in [0.25, 0.3) is 0 Å². The van der Waals surface area contributed by atoms with Crippen LogP contribution in [0.2, 0.25) is 0 Å². The quantitative estimate of drug-likeness (QED) is 0.825. The van der Waals surface area contributed by atoms with Gasteiger partial charge >= 0.3 is 6.18 Å². The molecule has 1 rings (SSSR count). The summed E-state index contributed by atoms with van der Waals surface area (Å²) in [4.78, 5) is 1.83. The van der Waals surface area contributed by atoms with Crippen molar-refractivity contribution in [2.24, 2.45) is 5.92 Å². The normalized spacial score (nSPS) is 12.9. The Morgan fingerprint density at radius 3 is 2.47 bits per heavy atom. The van der Waals surface area contributed by atoms with Crippen molar-refractivity contribution in [3.63, 3.8) is 0 Å². The van der Waals surface area contributed by atoms with Crippen molar-refractivity contribution >= 4 is 5.69 Å². The lowest BCUT2D eigenvalue weighted by atomic mass is 10.1. The lowest BCUT2D eigenvalue weighted by Crippen LogP contribution is -2.24. The topological polar surface area (TPSA) is 27.0 Å². The molecule has 1 atom stereocenters. The number of hydrogen-bond donors (Lipinski definition) is 0. The molecule has 0 N–H and O–H groups in total. The van der Waals surface area contributed by atoms with Crippen molar-refractivity contribution < 1.29 is 13.2 Å². The van der Waals surface area contributed by atoms with E-state index in [1.165, 1.54) is 6.07 Å². The molecule has 0 aliphatic heterocycles. The molecule has 0 saturated heterocycles. The van der Waals surface area contributed by atoms with Crippen LogP contribution in [0.1, 0.15) is 31.4 Å². The van der Waals surface area contributed by atoms with E-state index in [0.29, 0.717) is 18.2 Å². The molecule has 104 valence electrons. The van der Waals surface area contributed by atoms with E-state index in [1.54, 1.807) is 7.05 Å². The largest absolute Gasteiger partial charge is 0.416 e. The van der Waals surface area contributed by atoms with Gasteiger partial charge in [0.05, 0.1) is 16.8 Å². The second-order valence-corrected chi connectivity index (χ2v) is 4.74. The van der Waals surface area contributed by atoms with Gasteiger partial charge in [0.2, 0.25) is 0 Å². The van der Waals surface area contributed by atoms with Crippen molar-refractivity contribution in [3.8, 4) is 6.07 Å². The maximum Gasteiger partial charge on any atom is 0.416 e. The summed E-state index contributed by atoms with van der Waals surface area (Å²) in [5, 5.41) is 9.00. The second kappa shape index (κ2) is 5.96. The number of benzene rings is 1. The molecule has 1 aromatic carbocycles. The molecule has 1 aromatic rings. The van der Waals surface area contributed by atoms with Gasteiger partial charge in [-0.3, -0.25) is 0 Å². The summed E-state index contributed by atoms with van der Waals surface area (Å²) < 4.78 is 37.7. The van der Waals surface area contributed by atoms with Crippen LogP contribution in [-0.4, -0.2) is 13.6 Å². The molecule has 0 radical (unpaired) electrons. The lowest BCUT2D eigenvalue weighted by molar-refractivity contribution is -0.137. The summed E-state index contributed by atoms with van der Waals surface area (Å²) in [5.74, 6) is 0.416. The van der Waals surface area contributed by atoms with Gasteiger partial charge < -0.3 is 4.90 Å². The minimum absolute atomic E-state index is 0.0561. The van der Waals surface area contributed by atoms with Crippen molar-refractivity contribution in [2.75, 3.05) is 18.5 Å². The van der Waals surface area contributed by atoms with Crippen LogP contribution >= 0.6 is 0 Å². The van der Waals surface area contributed by atoms with Gasteiger partial charge in [-0.15, -0.1) is 0 Å². The molecule has 19 heavy (non-hydrogen) atoms. The molecule has 0 spiro atoms. The van der Waals surface area contributed by atoms with E-state index < -0.39 is 11.7 Å². The van der Waals surface area contributed by atoms with Crippen molar-refractivity contribution in [1.29, 1.82) is 5.26 Å². The van der Waals surface area contributed by atoms with Crippen LogP contribution in [0.5, 0.6) is 0 Å². The lowest BCUT2D eigenvalue weighted by Gasteiger charge is -2.24. The van der Waals surface area contributed by atoms with E-state index in [1.807, 2.05) is 11.0 Å². The number of nitrogens with zero attached hydrogens (tertiary/aromatic N) is 2. The Kier molecular flexibility index (Phi) is 4.82. The maximum absolute atomic E-state index is 12.6. The van der Waals surface area contributed by atoms with Crippen LogP contribution in [0.15, 0.2) is 18.2 Å². The Bertz CT molecular complexity index is 475. The fraction of sp³-hybridized carbons (Fsp3) is 0.500. The molecule has 0 aromatic heterocycles. The molecule has 0 bridgehead atoms. The van der Waals surface area contributed by atoms with Gasteiger partial charge in [-0.25, -0.2) is 0 Å². The molecule has 2 nitrogen and oxygen atoms in total. The average Bonchev–Trinajstić information content (AvgIpc) is 2.36. The van der Waals surface area contributed by atoms with Gasteiger partial charge in [0, 0.05) is 13.6 Å². The van der Waals surface area contributed by atoms with Crippen LogP contribution in [0, 0.1) is 17.2 Å². The zero-order valence-electron chi connectivity index (χ0n) is 11.3. The summed E-state index contributed by atoms with van der Waals surface area (Å²) in [6.45, 7) is 4.82. The molecule has 0 amide bonds. The zero-order chi connectivity index (χ0) is 14.6. The highest BCUT2D eigenvalue weighted by molar-refractivity contribution is 5.60. The van der Waals surface area contributed by atoms with E-state index in [0.717, 1.165) is 18.6 Å². The summed E-state index contributed by atoms with van der Waals surface area (Å²) in [7, 11) is 1.79. The first kappa shape index (κ1) is 15.4. The standard InChI is InChI=1S/C14H17F3N2/c1-4-10(2)9-19(3)13-6-5-12(14(15,16)17)7-11(13)8-18/h5-7,10H,4,9H2,1-3H3. The number of anilines is 1. The average molecular weight is 270 g/mol. The summed E-state index contributed by atoms with van der Waals surface area (Å²) in [6.07, 6.45) is -3.44. The molecule has 0 heterocycles. The monoisotopic (exact) mass is 270 g/mol. The number of halogens is 3. The Labute approximate surface area is 111 Å². The fourth-order valence-electron chi connectivity index (χ4n) is 1.83. The van der Waals surface area contributed by atoms with Gasteiger partial charge in [0.25, 0.3) is 0 Å². The number of rotatable bonds is 4. The van der Waals surface area contributed by atoms with Crippen LogP contribution in [0.4, 0.5) is 18.9 Å². The van der Waals surface area contributed by atoms with Gasteiger partial charge in [0.1, 0.15) is 6.07 Å². The summed E-state index contributed by atoms with van der Waals surface area (Å²) in [6, 6.07) is 5.13. The number of alkyl halides is 3. The third-order valence-electron chi connectivity index (χ3n) is 3.14. The molecule has 0 saturated carbocycles. The highest BCUT2D eigenvalue weighted by Gasteiger charge is 2.31. The van der Waals surface area contributed by atoms with E-state index in [9.17, 15) is 13.2 Å². The van der Waals surface area contributed by atoms with Gasteiger partial charge in [0.15, 0.2) is 0 Å². The fourth-order valence-corrected chi connectivity index (χ4v) is 1.83. The minimum atomic E-state index is -4.42. The first-order valence-electron chi connectivity index (χ1n) is 6.12. The van der Waals surface area contributed by atoms with Crippen LogP contribution in [-0.2, 0) is 6.18 Å². The summed E-state index contributed by atoms with van der Waals surface area (Å²) in [5.41, 5.74) is -0.193. The third kappa shape index (κ3) is 3.88. The SMILES string of the molecule is CCC(C)CN(C)c1ccc(C(F)(F)F)cc1C#N. The van der Waals surface area contributed by atoms with Gasteiger partial charge in [-0.2, -0.15) is 18.4 Å². The van der Waals surface area contributed by atoms with Crippen molar-refractivity contribution in [2.45, 2.75) is 26.4 Å². The Morgan fingerprint density at radius 1 is 1.37 bits per heavy atom. The molecule has 0 aliphatic carbocycles. The maximum atomic E-state index is 12.6. The second-order valence-electron chi connectivity index (χ2n) is 4.74. The Balaban J connectivity index is 3.07. The molecule has 1 unspecified atom stereocenters. The first-order valence-corrected chi connectivity index (χ1v) is 6.12. The first-order chi connectivity index (χ1) is 8.79. The Hall–Kier alpha value is -1.70. The highest BCUT2D eigenvalue weighted by Crippen LogP contribution is 2.32. The number of nitriles is 1. The highest BCUT2D eigenvalue weighted by atomic mass is 19.4. The molecule has 0 fully saturated rings. The van der Waals surface area contributed by atoms with Crippen LogP contribution < -0.4 is 4.90 Å². The van der Waals surface area contributed by atoms with Crippen molar-refractivity contribution in [1.82, 2.24) is 0 Å². The zero-order valence-corrected chi connectivity index (χ0v) is 11.3. The molecular weight excluding hydrogens is 253 g/mol. The van der Waals surface area contributed by atoms with Gasteiger partial charge in [-0.1, -0.05) is 20.3 Å². The van der Waals surface area contributed by atoms with E-state index in [-0.39, 0.29) is 5.56 Å². The van der Waals surface area contributed by atoms with Gasteiger partial charge in [-0.05, 0) is 24.1 Å². The smallest absolute Gasteiger partial charge is 0.373 e. The minimum Gasteiger partial charge on any atom is -0.373 e. The molecule has 5 heteroatoms. The Morgan fingerprint density at radius 2 is 2.00 bits per heavy atom. The van der Waals surface area contributed by atoms with E-state index in [2.05, 4.69) is 13.8 Å². The molecule has 0 aliphatic rings. The van der Waals surface area contributed by atoms with Crippen molar-refractivity contribution in [3.05, 3.63) is 29.3 Å².